The van der Waals surface area contributed by atoms with E-state index in [1.54, 1.807) is 0 Å². The molecule has 1 amide bonds. The lowest BCUT2D eigenvalue weighted by Gasteiger charge is -2.33. The minimum Gasteiger partial charge on any atom is -0.356 e. The summed E-state index contributed by atoms with van der Waals surface area (Å²) < 4.78 is 0. The molecule has 7 heteroatoms. The van der Waals surface area contributed by atoms with Crippen LogP contribution >= 0.6 is 0 Å². The summed E-state index contributed by atoms with van der Waals surface area (Å²) in [5, 5.41) is 10.2. The van der Waals surface area contributed by atoms with Gasteiger partial charge in [0, 0.05) is 36.6 Å². The lowest BCUT2D eigenvalue weighted by Crippen LogP contribution is -2.45. The van der Waals surface area contributed by atoms with Gasteiger partial charge in [0.2, 0.25) is 0 Å². The molecule has 3 heterocycles. The van der Waals surface area contributed by atoms with Crippen molar-refractivity contribution in [1.82, 2.24) is 25.5 Å². The van der Waals surface area contributed by atoms with Gasteiger partial charge in [0.25, 0.3) is 5.91 Å². The Bertz CT molecular complexity index is 726. The molecular formula is C18H26N6O. The van der Waals surface area contributed by atoms with Gasteiger partial charge in [-0.1, -0.05) is 13.8 Å². The van der Waals surface area contributed by atoms with Gasteiger partial charge >= 0.3 is 0 Å². The highest BCUT2D eigenvalue weighted by atomic mass is 16.2. The number of nitrogens with zero attached hydrogens (tertiary/aromatic N) is 4. The highest BCUT2D eigenvalue weighted by Gasteiger charge is 2.23. The van der Waals surface area contributed by atoms with Gasteiger partial charge in [-0.3, -0.25) is 9.89 Å². The smallest absolute Gasteiger partial charge is 0.271 e. The molecule has 1 aliphatic heterocycles. The molecule has 2 aromatic rings. The van der Waals surface area contributed by atoms with Gasteiger partial charge in [0.15, 0.2) is 0 Å². The second-order valence-electron chi connectivity index (χ2n) is 7.01. The monoisotopic (exact) mass is 342 g/mol. The molecule has 134 valence electrons. The fourth-order valence-corrected chi connectivity index (χ4v) is 3.12. The first-order valence-corrected chi connectivity index (χ1v) is 8.86. The lowest BCUT2D eigenvalue weighted by molar-refractivity contribution is 0.0926. The molecule has 0 atom stereocenters. The van der Waals surface area contributed by atoms with E-state index in [0.717, 1.165) is 49.0 Å². The van der Waals surface area contributed by atoms with Crippen molar-refractivity contribution < 1.29 is 4.79 Å². The van der Waals surface area contributed by atoms with Crippen molar-refractivity contribution in [2.45, 2.75) is 52.5 Å². The van der Waals surface area contributed by atoms with Crippen LogP contribution in [0.1, 0.15) is 60.3 Å². The maximum Gasteiger partial charge on any atom is 0.271 e. The molecule has 2 aromatic heterocycles. The Labute approximate surface area is 148 Å². The van der Waals surface area contributed by atoms with Crippen LogP contribution in [0.25, 0.3) is 0 Å². The summed E-state index contributed by atoms with van der Waals surface area (Å²) in [6.07, 6.45) is 1.80. The standard InChI is InChI=1S/C18H26N6O/c1-11(2)15-10-16(23-22-15)18(25)21-14-5-7-24(8-6-14)17-9-12(3)19-13(4)20-17/h9-11,14H,5-8H2,1-4H3,(H,21,25)(H,22,23). The van der Waals surface area contributed by atoms with Crippen LogP contribution in [0.5, 0.6) is 0 Å². The SMILES string of the molecule is Cc1cc(N2CCC(NC(=O)c3cc(C(C)C)[nH]n3)CC2)nc(C)n1. The van der Waals surface area contributed by atoms with Crippen LogP contribution < -0.4 is 10.2 Å². The Morgan fingerprint density at radius 3 is 2.56 bits per heavy atom. The molecule has 0 unspecified atom stereocenters. The summed E-state index contributed by atoms with van der Waals surface area (Å²) in [7, 11) is 0. The number of aromatic nitrogens is 4. The Morgan fingerprint density at radius 1 is 1.24 bits per heavy atom. The van der Waals surface area contributed by atoms with Gasteiger partial charge in [-0.2, -0.15) is 5.10 Å². The average Bonchev–Trinajstić information content (AvgIpc) is 3.05. The van der Waals surface area contributed by atoms with Crippen LogP contribution in [-0.2, 0) is 0 Å². The third-order valence-electron chi connectivity index (χ3n) is 4.56. The van der Waals surface area contributed by atoms with Gasteiger partial charge in [-0.15, -0.1) is 0 Å². The van der Waals surface area contributed by atoms with Gasteiger partial charge in [-0.25, -0.2) is 9.97 Å². The molecule has 2 N–H and O–H groups in total. The number of rotatable bonds is 4. The number of aryl methyl sites for hydroxylation is 2. The molecule has 3 rings (SSSR count). The molecule has 7 nitrogen and oxygen atoms in total. The molecule has 0 aliphatic carbocycles. The zero-order valence-corrected chi connectivity index (χ0v) is 15.3. The summed E-state index contributed by atoms with van der Waals surface area (Å²) in [5.74, 6) is 2.00. The van der Waals surface area contributed by atoms with Crippen molar-refractivity contribution in [3.63, 3.8) is 0 Å². The molecule has 0 spiro atoms. The summed E-state index contributed by atoms with van der Waals surface area (Å²) in [6.45, 7) is 9.79. The summed E-state index contributed by atoms with van der Waals surface area (Å²) in [5.41, 5.74) is 2.43. The number of aromatic amines is 1. The van der Waals surface area contributed by atoms with Crippen LogP contribution in [0, 0.1) is 13.8 Å². The average molecular weight is 342 g/mol. The van der Waals surface area contributed by atoms with Crippen LogP contribution in [0.3, 0.4) is 0 Å². The number of hydrogen-bond acceptors (Lipinski definition) is 5. The Kier molecular flexibility index (Phi) is 5.01. The van der Waals surface area contributed by atoms with E-state index < -0.39 is 0 Å². The second-order valence-corrected chi connectivity index (χ2v) is 7.01. The third kappa shape index (κ3) is 4.15. The Hall–Kier alpha value is -2.44. The van der Waals surface area contributed by atoms with Crippen LogP contribution in [0.2, 0.25) is 0 Å². The zero-order valence-electron chi connectivity index (χ0n) is 15.3. The summed E-state index contributed by atoms with van der Waals surface area (Å²) in [6, 6.07) is 4.02. The number of H-pyrrole nitrogens is 1. The van der Waals surface area contributed by atoms with Gasteiger partial charge in [0.05, 0.1) is 0 Å². The molecule has 1 fully saturated rings. The Morgan fingerprint density at radius 2 is 1.96 bits per heavy atom. The quantitative estimate of drug-likeness (QED) is 0.890. The van der Waals surface area contributed by atoms with Crippen molar-refractivity contribution in [2.75, 3.05) is 18.0 Å². The number of hydrogen-bond donors (Lipinski definition) is 2. The Balaban J connectivity index is 1.56. The van der Waals surface area contributed by atoms with E-state index in [4.69, 9.17) is 0 Å². The number of carbonyl (C=O) groups excluding carboxylic acids is 1. The molecule has 25 heavy (non-hydrogen) atoms. The number of nitrogens with one attached hydrogen (secondary N) is 2. The summed E-state index contributed by atoms with van der Waals surface area (Å²) >= 11 is 0. The van der Waals surface area contributed by atoms with Gasteiger partial charge in [0.1, 0.15) is 17.3 Å². The van der Waals surface area contributed by atoms with E-state index in [-0.39, 0.29) is 11.9 Å². The van der Waals surface area contributed by atoms with E-state index in [1.165, 1.54) is 0 Å². The second kappa shape index (κ2) is 7.21. The third-order valence-corrected chi connectivity index (χ3v) is 4.56. The maximum absolute atomic E-state index is 12.4. The molecular weight excluding hydrogens is 316 g/mol. The predicted molar refractivity (Wildman–Crippen MR) is 96.9 cm³/mol. The van der Waals surface area contributed by atoms with Crippen molar-refractivity contribution in [1.29, 1.82) is 0 Å². The van der Waals surface area contributed by atoms with E-state index in [0.29, 0.717) is 11.6 Å². The first-order chi connectivity index (χ1) is 11.9. The number of amides is 1. The highest BCUT2D eigenvalue weighted by molar-refractivity contribution is 5.92. The number of carbonyl (C=O) groups is 1. The van der Waals surface area contributed by atoms with Gasteiger partial charge in [-0.05, 0) is 38.7 Å². The van der Waals surface area contributed by atoms with Crippen LogP contribution in [0.4, 0.5) is 5.82 Å². The molecule has 0 aromatic carbocycles. The van der Waals surface area contributed by atoms with Crippen molar-refractivity contribution >= 4 is 11.7 Å². The maximum atomic E-state index is 12.4. The fraction of sp³-hybridized carbons (Fsp3) is 0.556. The fourth-order valence-electron chi connectivity index (χ4n) is 3.12. The minimum absolute atomic E-state index is 0.102. The molecule has 1 saturated heterocycles. The van der Waals surface area contributed by atoms with Gasteiger partial charge < -0.3 is 10.2 Å². The van der Waals surface area contributed by atoms with E-state index in [1.807, 2.05) is 26.0 Å². The van der Waals surface area contributed by atoms with Crippen molar-refractivity contribution in [3.05, 3.63) is 35.0 Å². The van der Waals surface area contributed by atoms with Crippen LogP contribution in [0.15, 0.2) is 12.1 Å². The first kappa shape index (κ1) is 17.4. The normalized spacial score (nSPS) is 15.6. The zero-order chi connectivity index (χ0) is 18.0. The number of anilines is 1. The number of piperidine rings is 1. The minimum atomic E-state index is -0.102. The van der Waals surface area contributed by atoms with E-state index >= 15 is 0 Å². The molecule has 0 saturated carbocycles. The molecule has 0 bridgehead atoms. The highest BCUT2D eigenvalue weighted by Crippen LogP contribution is 2.19. The van der Waals surface area contributed by atoms with Crippen molar-refractivity contribution in [3.8, 4) is 0 Å². The predicted octanol–water partition coefficient (Wildman–Crippen LogP) is 2.34. The molecule has 1 aliphatic rings. The van der Waals surface area contributed by atoms with Crippen LogP contribution in [-0.4, -0.2) is 45.2 Å². The van der Waals surface area contributed by atoms with Crippen molar-refractivity contribution in [2.24, 2.45) is 0 Å². The summed E-state index contributed by atoms with van der Waals surface area (Å²) in [4.78, 5) is 23.5. The topological polar surface area (TPSA) is 86.8 Å². The lowest BCUT2D eigenvalue weighted by atomic mass is 10.0. The van der Waals surface area contributed by atoms with E-state index in [9.17, 15) is 4.79 Å². The molecule has 0 radical (unpaired) electrons. The van der Waals surface area contributed by atoms with E-state index in [2.05, 4.69) is 44.2 Å². The largest absolute Gasteiger partial charge is 0.356 e. The first-order valence-electron chi connectivity index (χ1n) is 8.86.